The Balaban J connectivity index is 5.18. The Hall–Kier alpha value is -0.100. The highest BCUT2D eigenvalue weighted by atomic mass is 32.3. The van der Waals surface area contributed by atoms with Gasteiger partial charge in [-0.1, -0.05) is 20.8 Å². The lowest BCUT2D eigenvalue weighted by Gasteiger charge is -2.13. The van der Waals surface area contributed by atoms with Crippen LogP contribution in [0.5, 0.6) is 0 Å². The van der Waals surface area contributed by atoms with Gasteiger partial charge in [-0.15, -0.1) is 0 Å². The summed E-state index contributed by atoms with van der Waals surface area (Å²) < 4.78 is 44.2. The summed E-state index contributed by atoms with van der Waals surface area (Å²) in [4.78, 5) is 0. The van der Waals surface area contributed by atoms with Crippen LogP contribution >= 0.6 is 0 Å². The number of hydrogen-bond acceptors (Lipinski definition) is 4. The van der Waals surface area contributed by atoms with Gasteiger partial charge in [0.2, 0.25) is 0 Å². The fourth-order valence-corrected chi connectivity index (χ4v) is 5.47. The molecule has 0 saturated carbocycles. The molecular weight excluding hydrogens is 212 g/mol. The van der Waals surface area contributed by atoms with Gasteiger partial charge in [0.1, 0.15) is 0 Å². The lowest BCUT2D eigenvalue weighted by atomic mass is 10.6. The highest BCUT2D eigenvalue weighted by Gasteiger charge is 2.33. The molecule has 13 heavy (non-hydrogen) atoms. The van der Waals surface area contributed by atoms with Crippen LogP contribution in [0.3, 0.4) is 0 Å². The van der Waals surface area contributed by atoms with Crippen molar-refractivity contribution in [3.8, 4) is 0 Å². The predicted molar refractivity (Wildman–Crippen MR) is 53.0 cm³/mol. The summed E-state index contributed by atoms with van der Waals surface area (Å²) in [5.74, 6) is -0.241. The van der Waals surface area contributed by atoms with Crippen LogP contribution < -0.4 is 0 Å². The molecule has 0 bridgehead atoms. The van der Waals surface area contributed by atoms with Crippen LogP contribution in [0.25, 0.3) is 0 Å². The first-order chi connectivity index (χ1) is 5.81. The van der Waals surface area contributed by atoms with E-state index in [1.54, 1.807) is 6.92 Å². The average molecular weight is 228 g/mol. The third kappa shape index (κ3) is 2.95. The molecule has 0 aliphatic heterocycles. The maximum atomic E-state index is 11.4. The quantitative estimate of drug-likeness (QED) is 0.690. The zero-order chi connectivity index (χ0) is 10.7. The van der Waals surface area contributed by atoms with Gasteiger partial charge in [0.25, 0.3) is 0 Å². The van der Waals surface area contributed by atoms with Gasteiger partial charge in [0.05, 0.1) is 0 Å². The number of rotatable bonds is 5. The fourth-order valence-electron chi connectivity index (χ4n) is 1.10. The summed E-state index contributed by atoms with van der Waals surface area (Å²) in [6.07, 6.45) is 0.131. The van der Waals surface area contributed by atoms with Crippen LogP contribution in [-0.4, -0.2) is 32.9 Å². The Morgan fingerprint density at radius 2 is 1.15 bits per heavy atom. The molecule has 0 saturated heterocycles. The molecule has 80 valence electrons. The molecule has 6 heteroatoms. The zero-order valence-corrected chi connectivity index (χ0v) is 9.78. The van der Waals surface area contributed by atoms with Crippen molar-refractivity contribution in [2.45, 2.75) is 31.8 Å². The fraction of sp³-hybridized carbons (Fsp3) is 1.00. The molecule has 0 heterocycles. The van der Waals surface area contributed by atoms with Crippen molar-refractivity contribution in [3.63, 3.8) is 0 Å². The first-order valence-corrected chi connectivity index (χ1v) is 7.68. The van der Waals surface area contributed by atoms with Gasteiger partial charge in [-0.2, -0.15) is 0 Å². The van der Waals surface area contributed by atoms with Crippen molar-refractivity contribution < 1.29 is 16.8 Å². The molecule has 0 atom stereocenters. The van der Waals surface area contributed by atoms with Gasteiger partial charge in [-0.3, -0.25) is 0 Å². The second-order valence-corrected chi connectivity index (χ2v) is 7.98. The Kier molecular flexibility index (Phi) is 4.38. The maximum absolute atomic E-state index is 11.4. The van der Waals surface area contributed by atoms with Crippen LogP contribution in [0.15, 0.2) is 0 Å². The predicted octanol–water partition coefficient (Wildman–Crippen LogP) is 0.592. The Morgan fingerprint density at radius 3 is 1.31 bits per heavy atom. The molecule has 0 aromatic carbocycles. The summed E-state index contributed by atoms with van der Waals surface area (Å²) in [6, 6.07) is 0. The summed E-state index contributed by atoms with van der Waals surface area (Å²) in [5.41, 5.74) is 0. The molecule has 0 N–H and O–H groups in total. The Morgan fingerprint density at radius 1 is 0.846 bits per heavy atom. The molecule has 0 fully saturated rings. The van der Waals surface area contributed by atoms with Crippen molar-refractivity contribution in [2.75, 3.05) is 11.5 Å². The molecule has 0 rings (SSSR count). The largest absolute Gasteiger partial charge is 0.228 e. The monoisotopic (exact) mass is 228 g/mol. The normalized spacial score (nSPS) is 13.5. The molecule has 0 aromatic heterocycles. The van der Waals surface area contributed by atoms with E-state index >= 15 is 0 Å². The van der Waals surface area contributed by atoms with Crippen molar-refractivity contribution in [1.29, 1.82) is 0 Å². The third-order valence-corrected chi connectivity index (χ3v) is 7.58. The van der Waals surface area contributed by atoms with E-state index in [1.165, 1.54) is 13.8 Å². The van der Waals surface area contributed by atoms with Gasteiger partial charge in [-0.25, -0.2) is 16.8 Å². The second-order valence-electron chi connectivity index (χ2n) is 2.74. The smallest absolute Gasteiger partial charge is 0.167 e. The van der Waals surface area contributed by atoms with Crippen LogP contribution in [0.1, 0.15) is 27.2 Å². The van der Waals surface area contributed by atoms with Gasteiger partial charge in [-0.05, 0) is 6.42 Å². The van der Waals surface area contributed by atoms with E-state index < -0.39 is 24.3 Å². The van der Waals surface area contributed by atoms with Crippen molar-refractivity contribution in [2.24, 2.45) is 0 Å². The van der Waals surface area contributed by atoms with Crippen LogP contribution in [-0.2, 0) is 19.7 Å². The van der Waals surface area contributed by atoms with Crippen molar-refractivity contribution in [3.05, 3.63) is 0 Å². The highest BCUT2D eigenvalue weighted by Crippen LogP contribution is 2.15. The molecule has 0 aliphatic carbocycles. The molecule has 0 amide bonds. The van der Waals surface area contributed by atoms with E-state index in [4.69, 9.17) is 0 Å². The van der Waals surface area contributed by atoms with E-state index in [0.29, 0.717) is 0 Å². The minimum absolute atomic E-state index is 0.120. The summed E-state index contributed by atoms with van der Waals surface area (Å²) in [5, 5.41) is 0. The molecular formula is C7H16O4S2. The van der Waals surface area contributed by atoms with Gasteiger partial charge in [0.15, 0.2) is 24.3 Å². The Labute approximate surface area is 80.2 Å². The van der Waals surface area contributed by atoms with Crippen molar-refractivity contribution >= 4 is 19.7 Å². The topological polar surface area (TPSA) is 68.3 Å². The minimum atomic E-state index is -3.47. The highest BCUT2D eigenvalue weighted by molar-refractivity contribution is 8.09. The first kappa shape index (κ1) is 12.9. The first-order valence-electron chi connectivity index (χ1n) is 4.24. The van der Waals surface area contributed by atoms with Gasteiger partial charge < -0.3 is 0 Å². The summed E-state index contributed by atoms with van der Waals surface area (Å²) >= 11 is 0. The van der Waals surface area contributed by atoms with E-state index in [0.717, 1.165) is 0 Å². The molecule has 0 spiro atoms. The number of sulfone groups is 2. The average Bonchev–Trinajstić information content (AvgIpc) is 2.05. The Bertz CT molecular complexity index is 305. The standard InChI is InChI=1S/C7H16O4S2/c1-4-7(12(8,9)5-2)13(10,11)6-3/h7H,4-6H2,1-3H3. The van der Waals surface area contributed by atoms with Gasteiger partial charge >= 0.3 is 0 Å². The van der Waals surface area contributed by atoms with Crippen LogP contribution in [0.2, 0.25) is 0 Å². The second kappa shape index (κ2) is 4.41. The van der Waals surface area contributed by atoms with E-state index in [-0.39, 0.29) is 17.9 Å². The minimum Gasteiger partial charge on any atom is -0.228 e. The van der Waals surface area contributed by atoms with E-state index in [1.807, 2.05) is 0 Å². The molecule has 0 aromatic rings. The lowest BCUT2D eigenvalue weighted by Crippen LogP contribution is -2.32. The molecule has 4 nitrogen and oxygen atoms in total. The SMILES string of the molecule is CCC(S(=O)(=O)CC)S(=O)(=O)CC. The van der Waals surface area contributed by atoms with Crippen LogP contribution in [0, 0.1) is 0 Å². The zero-order valence-electron chi connectivity index (χ0n) is 8.15. The summed E-state index contributed by atoms with van der Waals surface area (Å²) in [7, 11) is -6.94. The maximum Gasteiger partial charge on any atom is 0.167 e. The van der Waals surface area contributed by atoms with E-state index in [2.05, 4.69) is 0 Å². The molecule has 0 unspecified atom stereocenters. The van der Waals surface area contributed by atoms with Gasteiger partial charge in [0, 0.05) is 11.5 Å². The number of hydrogen-bond donors (Lipinski definition) is 0. The summed E-state index contributed by atoms with van der Waals surface area (Å²) in [6.45, 7) is 4.50. The molecule has 0 aliphatic rings. The third-order valence-electron chi connectivity index (χ3n) is 1.94. The lowest BCUT2D eigenvalue weighted by molar-refractivity contribution is 0.573. The van der Waals surface area contributed by atoms with Crippen molar-refractivity contribution in [1.82, 2.24) is 0 Å². The molecule has 0 radical (unpaired) electrons. The van der Waals surface area contributed by atoms with Crippen LogP contribution in [0.4, 0.5) is 0 Å². The van der Waals surface area contributed by atoms with E-state index in [9.17, 15) is 16.8 Å².